The Morgan fingerprint density at radius 1 is 1.42 bits per heavy atom. The predicted octanol–water partition coefficient (Wildman–Crippen LogP) is 1.64. The van der Waals surface area contributed by atoms with Crippen molar-refractivity contribution in [3.8, 4) is 11.4 Å². The number of benzene rings is 1. The molecule has 0 unspecified atom stereocenters. The van der Waals surface area contributed by atoms with Crippen molar-refractivity contribution in [1.82, 2.24) is 14.8 Å². The lowest BCUT2D eigenvalue weighted by molar-refractivity contribution is -0.384. The van der Waals surface area contributed by atoms with Gasteiger partial charge >= 0.3 is 0 Å². The Morgan fingerprint density at radius 2 is 2.16 bits per heavy atom. The summed E-state index contributed by atoms with van der Waals surface area (Å²) in [5, 5.41) is 19.2. The molecule has 2 aromatic rings. The van der Waals surface area contributed by atoms with E-state index in [-0.39, 0.29) is 17.2 Å². The molecule has 7 heteroatoms. The molecule has 19 heavy (non-hydrogen) atoms. The standard InChI is InChI=1S/C12H15N5O2/c1-3-16-10(7-13)14-15-12(16)9-6-4-5-8(2)11(9)17(18)19/h4-6H,3,7,13H2,1-2H3. The van der Waals surface area contributed by atoms with E-state index < -0.39 is 0 Å². The molecule has 1 heterocycles. The van der Waals surface area contributed by atoms with Gasteiger partial charge in [-0.15, -0.1) is 10.2 Å². The number of rotatable bonds is 4. The highest BCUT2D eigenvalue weighted by molar-refractivity contribution is 5.70. The zero-order chi connectivity index (χ0) is 14.0. The zero-order valence-electron chi connectivity index (χ0n) is 10.8. The van der Waals surface area contributed by atoms with Gasteiger partial charge in [0.2, 0.25) is 0 Å². The molecule has 0 fully saturated rings. The Bertz CT molecular complexity index is 621. The van der Waals surface area contributed by atoms with Crippen molar-refractivity contribution < 1.29 is 4.92 Å². The molecule has 0 aliphatic rings. The van der Waals surface area contributed by atoms with Crippen LogP contribution in [-0.2, 0) is 13.1 Å². The molecule has 0 saturated carbocycles. The van der Waals surface area contributed by atoms with Crippen LogP contribution in [0.4, 0.5) is 5.69 Å². The SMILES string of the molecule is CCn1c(CN)nnc1-c1cccc(C)c1[N+](=O)[O-]. The number of nitro groups is 1. The Labute approximate surface area is 110 Å². The largest absolute Gasteiger partial charge is 0.324 e. The first-order valence-electron chi connectivity index (χ1n) is 5.96. The number of para-hydroxylation sites is 1. The van der Waals surface area contributed by atoms with Crippen LogP contribution in [0, 0.1) is 17.0 Å². The first-order valence-corrected chi connectivity index (χ1v) is 5.96. The monoisotopic (exact) mass is 261 g/mol. The summed E-state index contributed by atoms with van der Waals surface area (Å²) < 4.78 is 1.79. The number of nitrogens with zero attached hydrogens (tertiary/aromatic N) is 4. The van der Waals surface area contributed by atoms with Crippen LogP contribution in [0.5, 0.6) is 0 Å². The summed E-state index contributed by atoms with van der Waals surface area (Å²) in [6.45, 7) is 4.49. The maximum atomic E-state index is 11.2. The van der Waals surface area contributed by atoms with Gasteiger partial charge in [0.05, 0.1) is 17.0 Å². The minimum absolute atomic E-state index is 0.0631. The number of hydrogen-bond acceptors (Lipinski definition) is 5. The second kappa shape index (κ2) is 5.15. The van der Waals surface area contributed by atoms with Crippen LogP contribution in [0.1, 0.15) is 18.3 Å². The molecule has 2 N–H and O–H groups in total. The first-order chi connectivity index (χ1) is 9.10. The Balaban J connectivity index is 2.69. The highest BCUT2D eigenvalue weighted by atomic mass is 16.6. The molecule has 0 atom stereocenters. The van der Waals surface area contributed by atoms with Gasteiger partial charge in [0.15, 0.2) is 5.82 Å². The van der Waals surface area contributed by atoms with Gasteiger partial charge in [-0.3, -0.25) is 10.1 Å². The number of hydrogen-bond donors (Lipinski definition) is 1. The summed E-state index contributed by atoms with van der Waals surface area (Å²) in [5.74, 6) is 1.10. The average Bonchev–Trinajstić information content (AvgIpc) is 2.80. The van der Waals surface area contributed by atoms with Crippen molar-refractivity contribution in [2.45, 2.75) is 26.9 Å². The van der Waals surface area contributed by atoms with Gasteiger partial charge in [0, 0.05) is 12.1 Å². The first kappa shape index (κ1) is 13.2. The van der Waals surface area contributed by atoms with Crippen molar-refractivity contribution in [3.05, 3.63) is 39.7 Å². The van der Waals surface area contributed by atoms with Gasteiger partial charge < -0.3 is 10.3 Å². The van der Waals surface area contributed by atoms with Crippen molar-refractivity contribution >= 4 is 5.69 Å². The zero-order valence-corrected chi connectivity index (χ0v) is 10.8. The normalized spacial score (nSPS) is 10.7. The van der Waals surface area contributed by atoms with E-state index in [1.54, 1.807) is 29.7 Å². The van der Waals surface area contributed by atoms with E-state index in [0.717, 1.165) is 0 Å². The second-order valence-electron chi connectivity index (χ2n) is 4.12. The van der Waals surface area contributed by atoms with Crippen LogP contribution in [0.2, 0.25) is 0 Å². The van der Waals surface area contributed by atoms with Crippen LogP contribution < -0.4 is 5.73 Å². The molecule has 2 rings (SSSR count). The Kier molecular flexibility index (Phi) is 3.57. The maximum absolute atomic E-state index is 11.2. The molecule has 0 bridgehead atoms. The van der Waals surface area contributed by atoms with Crippen LogP contribution in [0.25, 0.3) is 11.4 Å². The third kappa shape index (κ3) is 2.19. The van der Waals surface area contributed by atoms with Crippen LogP contribution in [0.3, 0.4) is 0 Å². The molecule has 0 radical (unpaired) electrons. The van der Waals surface area contributed by atoms with Gasteiger partial charge in [-0.05, 0) is 19.9 Å². The number of aromatic nitrogens is 3. The van der Waals surface area contributed by atoms with E-state index in [0.29, 0.717) is 29.3 Å². The van der Waals surface area contributed by atoms with Crippen molar-refractivity contribution in [2.24, 2.45) is 5.73 Å². The van der Waals surface area contributed by atoms with Crippen molar-refractivity contribution in [2.75, 3.05) is 0 Å². The third-order valence-electron chi connectivity index (χ3n) is 2.99. The second-order valence-corrected chi connectivity index (χ2v) is 4.12. The van der Waals surface area contributed by atoms with E-state index in [1.165, 1.54) is 0 Å². The summed E-state index contributed by atoms with van der Waals surface area (Å²) in [6.07, 6.45) is 0. The smallest absolute Gasteiger partial charge is 0.283 e. The van der Waals surface area contributed by atoms with Gasteiger partial charge in [0.25, 0.3) is 5.69 Å². The highest BCUT2D eigenvalue weighted by Crippen LogP contribution is 2.31. The highest BCUT2D eigenvalue weighted by Gasteiger charge is 2.23. The molecule has 100 valence electrons. The molecular formula is C12H15N5O2. The van der Waals surface area contributed by atoms with Crippen LogP contribution in [0.15, 0.2) is 18.2 Å². The minimum atomic E-state index is -0.387. The molecule has 0 spiro atoms. The number of aryl methyl sites for hydroxylation is 1. The molecule has 0 aliphatic heterocycles. The van der Waals surface area contributed by atoms with E-state index >= 15 is 0 Å². The van der Waals surface area contributed by atoms with E-state index in [4.69, 9.17) is 5.73 Å². The summed E-state index contributed by atoms with van der Waals surface area (Å²) in [4.78, 5) is 10.8. The van der Waals surface area contributed by atoms with E-state index in [9.17, 15) is 10.1 Å². The molecule has 0 saturated heterocycles. The number of nitro benzene ring substituents is 1. The van der Waals surface area contributed by atoms with Gasteiger partial charge in [-0.25, -0.2) is 0 Å². The van der Waals surface area contributed by atoms with E-state index in [2.05, 4.69) is 10.2 Å². The Morgan fingerprint density at radius 3 is 2.74 bits per heavy atom. The van der Waals surface area contributed by atoms with Gasteiger partial charge in [0.1, 0.15) is 5.82 Å². The summed E-state index contributed by atoms with van der Waals surface area (Å²) in [6, 6.07) is 5.16. The molecule has 1 aromatic carbocycles. The van der Waals surface area contributed by atoms with E-state index in [1.807, 2.05) is 6.92 Å². The van der Waals surface area contributed by atoms with Crippen molar-refractivity contribution in [3.63, 3.8) is 0 Å². The minimum Gasteiger partial charge on any atom is -0.324 e. The van der Waals surface area contributed by atoms with Crippen molar-refractivity contribution in [1.29, 1.82) is 0 Å². The fourth-order valence-corrected chi connectivity index (χ4v) is 2.10. The fraction of sp³-hybridized carbons (Fsp3) is 0.333. The molecule has 7 nitrogen and oxygen atoms in total. The summed E-state index contributed by atoms with van der Waals surface area (Å²) in [7, 11) is 0. The lowest BCUT2D eigenvalue weighted by atomic mass is 10.1. The third-order valence-corrected chi connectivity index (χ3v) is 2.99. The lowest BCUT2D eigenvalue weighted by Crippen LogP contribution is -2.09. The molecule has 0 amide bonds. The predicted molar refractivity (Wildman–Crippen MR) is 70.4 cm³/mol. The molecule has 1 aromatic heterocycles. The lowest BCUT2D eigenvalue weighted by Gasteiger charge is -2.08. The molecule has 0 aliphatic carbocycles. The van der Waals surface area contributed by atoms with Gasteiger partial charge in [-0.1, -0.05) is 12.1 Å². The maximum Gasteiger partial charge on any atom is 0.283 e. The fourth-order valence-electron chi connectivity index (χ4n) is 2.10. The molecular weight excluding hydrogens is 246 g/mol. The Hall–Kier alpha value is -2.28. The quantitative estimate of drug-likeness (QED) is 0.666. The topological polar surface area (TPSA) is 99.9 Å². The number of nitrogens with two attached hydrogens (primary N) is 1. The van der Waals surface area contributed by atoms with Crippen LogP contribution >= 0.6 is 0 Å². The average molecular weight is 261 g/mol. The summed E-state index contributed by atoms with van der Waals surface area (Å²) >= 11 is 0. The van der Waals surface area contributed by atoms with Crippen LogP contribution in [-0.4, -0.2) is 19.7 Å². The van der Waals surface area contributed by atoms with Gasteiger partial charge in [-0.2, -0.15) is 0 Å². The summed E-state index contributed by atoms with van der Waals surface area (Å²) in [5.41, 5.74) is 6.72.